The molecule has 2 aromatic rings. The van der Waals surface area contributed by atoms with Crippen molar-refractivity contribution < 1.29 is 14.3 Å². The number of anilines is 2. The highest BCUT2D eigenvalue weighted by Crippen LogP contribution is 2.51. The summed E-state index contributed by atoms with van der Waals surface area (Å²) in [5.41, 5.74) is 2.45. The molecule has 7 nitrogen and oxygen atoms in total. The van der Waals surface area contributed by atoms with Crippen molar-refractivity contribution in [3.8, 4) is 11.5 Å². The molecule has 1 N–H and O–H groups in total. The van der Waals surface area contributed by atoms with Crippen molar-refractivity contribution in [2.24, 2.45) is 0 Å². The summed E-state index contributed by atoms with van der Waals surface area (Å²) in [6.07, 6.45) is 3.62. The number of amidine groups is 1. The van der Waals surface area contributed by atoms with Gasteiger partial charge in [0.05, 0.1) is 11.4 Å². The molecular formula is C29H38N4O3. The molecule has 1 amide bonds. The van der Waals surface area contributed by atoms with Crippen LogP contribution in [0.4, 0.5) is 16.2 Å². The minimum atomic E-state index is -0.494. The second-order valence-electron chi connectivity index (χ2n) is 11.0. The van der Waals surface area contributed by atoms with Crippen LogP contribution in [0.5, 0.6) is 11.5 Å². The fraction of sp³-hybridized carbons (Fsp3) is 0.517. The molecule has 0 saturated carbocycles. The Hall–Kier alpha value is -3.22. The minimum absolute atomic E-state index is 0.178. The summed E-state index contributed by atoms with van der Waals surface area (Å²) in [5, 5.41) is 8.69. The molecule has 2 unspecified atom stereocenters. The smallest absolute Gasteiger partial charge is 0.410 e. The van der Waals surface area contributed by atoms with Gasteiger partial charge in [0.2, 0.25) is 0 Å². The molecule has 3 aliphatic rings. The summed E-state index contributed by atoms with van der Waals surface area (Å²) < 4.78 is 12.1. The topological polar surface area (TPSA) is 69.1 Å². The maximum atomic E-state index is 13.0. The maximum Gasteiger partial charge on any atom is 0.410 e. The number of hydrogen-bond acceptors (Lipinski definition) is 5. The summed E-state index contributed by atoms with van der Waals surface area (Å²) in [7, 11) is 0. The number of ether oxygens (including phenoxy) is 2. The highest BCUT2D eigenvalue weighted by Gasteiger charge is 2.47. The zero-order valence-corrected chi connectivity index (χ0v) is 22.1. The van der Waals surface area contributed by atoms with Crippen molar-refractivity contribution in [2.75, 3.05) is 18.0 Å². The lowest BCUT2D eigenvalue weighted by atomic mass is 9.94. The Bertz CT molecular complexity index is 1140. The maximum absolute atomic E-state index is 13.0. The van der Waals surface area contributed by atoms with Crippen molar-refractivity contribution in [1.29, 1.82) is 5.41 Å². The quantitative estimate of drug-likeness (QED) is 0.390. The van der Waals surface area contributed by atoms with Crippen LogP contribution >= 0.6 is 0 Å². The van der Waals surface area contributed by atoms with E-state index in [-0.39, 0.29) is 24.2 Å². The average molecular weight is 491 g/mol. The summed E-state index contributed by atoms with van der Waals surface area (Å²) in [5.74, 6) is 2.13. The van der Waals surface area contributed by atoms with Gasteiger partial charge >= 0.3 is 6.09 Å². The molecule has 36 heavy (non-hydrogen) atoms. The van der Waals surface area contributed by atoms with Crippen molar-refractivity contribution in [1.82, 2.24) is 9.80 Å². The number of hydrogen-bond donors (Lipinski definition) is 1. The number of nitrogens with zero attached hydrogens (tertiary/aromatic N) is 3. The normalized spacial score (nSPS) is 22.4. The highest BCUT2D eigenvalue weighted by molar-refractivity contribution is 5.98. The van der Waals surface area contributed by atoms with Gasteiger partial charge in [-0.1, -0.05) is 12.1 Å². The Morgan fingerprint density at radius 1 is 1.00 bits per heavy atom. The summed E-state index contributed by atoms with van der Waals surface area (Å²) in [4.78, 5) is 19.5. The SMILES string of the molecule is CCN(CC)C(=N)c1ccc2c(c1)Oc1ccccc1N2C1CC2CCC(C1)N2C(=O)OC(C)(C)C. The van der Waals surface area contributed by atoms with E-state index in [0.29, 0.717) is 5.84 Å². The molecule has 2 saturated heterocycles. The molecule has 0 spiro atoms. The number of carbonyl (C=O) groups excluding carboxylic acids is 1. The standard InChI is InChI=1S/C29H38N4O3/c1-6-31(7-2)27(30)19-12-15-24-26(16-19)35-25-11-9-8-10-23(25)33(24)22-17-20-13-14-21(18-22)32(20)28(34)36-29(3,4)5/h8-12,15-16,20-22,30H,6-7,13-14,17-18H2,1-5H3. The fourth-order valence-electron chi connectivity index (χ4n) is 6.02. The van der Waals surface area contributed by atoms with Crippen LogP contribution < -0.4 is 9.64 Å². The molecule has 3 heterocycles. The lowest BCUT2D eigenvalue weighted by molar-refractivity contribution is 0.00613. The van der Waals surface area contributed by atoms with E-state index < -0.39 is 5.60 Å². The monoisotopic (exact) mass is 490 g/mol. The number of fused-ring (bicyclic) bond motifs is 4. The molecule has 2 aromatic carbocycles. The Morgan fingerprint density at radius 3 is 2.28 bits per heavy atom. The zero-order valence-electron chi connectivity index (χ0n) is 22.1. The van der Waals surface area contributed by atoms with Crippen LogP contribution in [0.2, 0.25) is 0 Å². The lowest BCUT2D eigenvalue weighted by Gasteiger charge is -2.45. The number of para-hydroxylation sites is 2. The molecule has 0 radical (unpaired) electrons. The highest BCUT2D eigenvalue weighted by atomic mass is 16.6. The summed E-state index contributed by atoms with van der Waals surface area (Å²) in [6.45, 7) is 11.5. The third-order valence-corrected chi connectivity index (χ3v) is 7.59. The summed E-state index contributed by atoms with van der Waals surface area (Å²) in [6, 6.07) is 14.9. The first-order chi connectivity index (χ1) is 17.2. The van der Waals surface area contributed by atoms with Crippen LogP contribution in [0.15, 0.2) is 42.5 Å². The zero-order chi connectivity index (χ0) is 25.6. The second-order valence-corrected chi connectivity index (χ2v) is 11.0. The van der Waals surface area contributed by atoms with Crippen LogP contribution in [0.3, 0.4) is 0 Å². The Kier molecular flexibility index (Phi) is 6.35. The molecular weight excluding hydrogens is 452 g/mol. The second kappa shape index (κ2) is 9.34. The molecule has 192 valence electrons. The van der Waals surface area contributed by atoms with Gasteiger partial charge < -0.3 is 24.2 Å². The van der Waals surface area contributed by atoms with Crippen LogP contribution in [0, 0.1) is 5.41 Å². The summed E-state index contributed by atoms with van der Waals surface area (Å²) >= 11 is 0. The number of piperidine rings is 1. The Morgan fingerprint density at radius 2 is 1.64 bits per heavy atom. The third-order valence-electron chi connectivity index (χ3n) is 7.59. The van der Waals surface area contributed by atoms with E-state index in [1.54, 1.807) is 0 Å². The number of amides is 1. The van der Waals surface area contributed by atoms with Gasteiger partial charge in [-0.3, -0.25) is 5.41 Å². The first kappa shape index (κ1) is 24.5. The van der Waals surface area contributed by atoms with Gasteiger partial charge in [-0.05, 0) is 90.6 Å². The Labute approximate surface area is 214 Å². The van der Waals surface area contributed by atoms with Gasteiger partial charge in [0, 0.05) is 36.8 Å². The van der Waals surface area contributed by atoms with E-state index in [2.05, 4.69) is 36.9 Å². The molecule has 7 heteroatoms. The van der Waals surface area contributed by atoms with Crippen molar-refractivity contribution in [3.63, 3.8) is 0 Å². The van der Waals surface area contributed by atoms with Crippen molar-refractivity contribution in [2.45, 2.75) is 84.0 Å². The van der Waals surface area contributed by atoms with Crippen LogP contribution in [0.25, 0.3) is 0 Å². The molecule has 0 aliphatic carbocycles. The number of rotatable bonds is 4. The molecule has 5 rings (SSSR count). The molecule has 2 fully saturated rings. The largest absolute Gasteiger partial charge is 0.453 e. The molecule has 3 aliphatic heterocycles. The van der Waals surface area contributed by atoms with Crippen molar-refractivity contribution >= 4 is 23.3 Å². The number of nitrogens with one attached hydrogen (secondary N) is 1. The third kappa shape index (κ3) is 4.40. The van der Waals surface area contributed by atoms with E-state index in [0.717, 1.165) is 67.2 Å². The predicted octanol–water partition coefficient (Wildman–Crippen LogP) is 6.53. The van der Waals surface area contributed by atoms with Gasteiger partial charge in [0.1, 0.15) is 11.4 Å². The van der Waals surface area contributed by atoms with Crippen LogP contribution in [-0.4, -0.2) is 58.5 Å². The molecule has 2 bridgehead atoms. The first-order valence-electron chi connectivity index (χ1n) is 13.3. The Balaban J connectivity index is 1.46. The van der Waals surface area contributed by atoms with Crippen LogP contribution in [0.1, 0.15) is 65.9 Å². The van der Waals surface area contributed by atoms with E-state index in [1.807, 2.05) is 54.8 Å². The van der Waals surface area contributed by atoms with E-state index in [1.165, 1.54) is 0 Å². The average Bonchev–Trinajstić information content (AvgIpc) is 3.11. The van der Waals surface area contributed by atoms with E-state index in [9.17, 15) is 4.79 Å². The number of carbonyl (C=O) groups is 1. The predicted molar refractivity (Wildman–Crippen MR) is 143 cm³/mol. The van der Waals surface area contributed by atoms with Gasteiger partial charge in [-0.25, -0.2) is 4.79 Å². The van der Waals surface area contributed by atoms with Gasteiger partial charge in [0.15, 0.2) is 11.5 Å². The molecule has 0 aromatic heterocycles. The molecule has 2 atom stereocenters. The van der Waals surface area contributed by atoms with Gasteiger partial charge in [-0.2, -0.15) is 0 Å². The van der Waals surface area contributed by atoms with E-state index in [4.69, 9.17) is 14.9 Å². The lowest BCUT2D eigenvalue weighted by Crippen LogP contribution is -2.53. The minimum Gasteiger partial charge on any atom is -0.453 e. The van der Waals surface area contributed by atoms with E-state index >= 15 is 0 Å². The fourth-order valence-corrected chi connectivity index (χ4v) is 6.02. The van der Waals surface area contributed by atoms with Gasteiger partial charge in [0.25, 0.3) is 0 Å². The van der Waals surface area contributed by atoms with Gasteiger partial charge in [-0.15, -0.1) is 0 Å². The first-order valence-corrected chi connectivity index (χ1v) is 13.3. The van der Waals surface area contributed by atoms with Crippen LogP contribution in [-0.2, 0) is 4.74 Å². The van der Waals surface area contributed by atoms with Crippen molar-refractivity contribution in [3.05, 3.63) is 48.0 Å². The number of benzene rings is 2.